The van der Waals surface area contributed by atoms with E-state index in [0.29, 0.717) is 18.3 Å². The van der Waals surface area contributed by atoms with Crippen molar-refractivity contribution in [2.75, 3.05) is 37.8 Å². The lowest BCUT2D eigenvalue weighted by Gasteiger charge is -2.30. The number of likely N-dealkylation sites (tertiary alicyclic amines) is 1. The second-order valence-electron chi connectivity index (χ2n) is 4.91. The van der Waals surface area contributed by atoms with Gasteiger partial charge in [0.25, 0.3) is 0 Å². The molecule has 0 aliphatic carbocycles. The van der Waals surface area contributed by atoms with Crippen LogP contribution in [0.2, 0.25) is 0 Å². The van der Waals surface area contributed by atoms with E-state index >= 15 is 0 Å². The molecule has 0 amide bonds. The van der Waals surface area contributed by atoms with Crippen molar-refractivity contribution < 1.29 is 4.74 Å². The largest absolute Gasteiger partial charge is 0.492 e. The molecule has 1 fully saturated rings. The number of nitrogens with zero attached hydrogens (tertiary/aromatic N) is 1. The van der Waals surface area contributed by atoms with Crippen LogP contribution in [-0.4, -0.2) is 37.7 Å². The molecule has 0 unspecified atom stereocenters. The number of hydrogen-bond acceptors (Lipinski definition) is 4. The lowest BCUT2D eigenvalue weighted by Crippen LogP contribution is -2.36. The molecule has 1 aliphatic rings. The first-order chi connectivity index (χ1) is 8.69. The van der Waals surface area contributed by atoms with Gasteiger partial charge in [-0.2, -0.15) is 0 Å². The van der Waals surface area contributed by atoms with Crippen molar-refractivity contribution in [1.82, 2.24) is 4.90 Å². The molecule has 18 heavy (non-hydrogen) atoms. The molecule has 0 radical (unpaired) electrons. The van der Waals surface area contributed by atoms with Gasteiger partial charge >= 0.3 is 0 Å². The minimum absolute atomic E-state index is 0.555. The van der Waals surface area contributed by atoms with E-state index in [2.05, 4.69) is 17.3 Å². The molecule has 2 rings (SSSR count). The number of benzene rings is 1. The second kappa shape index (κ2) is 5.96. The predicted molar refractivity (Wildman–Crippen MR) is 76.2 cm³/mol. The van der Waals surface area contributed by atoms with Gasteiger partial charge in [-0.3, -0.25) is 0 Å². The Kier molecular flexibility index (Phi) is 4.31. The zero-order valence-electron chi connectivity index (χ0n) is 11.3. The van der Waals surface area contributed by atoms with Gasteiger partial charge in [0.15, 0.2) is 0 Å². The average molecular weight is 249 g/mol. The van der Waals surface area contributed by atoms with Gasteiger partial charge in [0.2, 0.25) is 0 Å². The molecule has 0 saturated carbocycles. The van der Waals surface area contributed by atoms with Crippen LogP contribution in [0.15, 0.2) is 18.2 Å². The summed E-state index contributed by atoms with van der Waals surface area (Å²) in [6.45, 7) is 4.92. The lowest BCUT2D eigenvalue weighted by molar-refractivity contribution is 0.264. The number of nitrogens with one attached hydrogen (secondary N) is 1. The van der Waals surface area contributed by atoms with Crippen molar-refractivity contribution in [2.24, 2.45) is 0 Å². The first kappa shape index (κ1) is 13.0. The van der Waals surface area contributed by atoms with Crippen molar-refractivity contribution in [1.29, 1.82) is 0 Å². The minimum Gasteiger partial charge on any atom is -0.492 e. The highest BCUT2D eigenvalue weighted by atomic mass is 16.5. The number of anilines is 2. The molecule has 1 aromatic rings. The van der Waals surface area contributed by atoms with Gasteiger partial charge in [0.1, 0.15) is 5.75 Å². The molecule has 4 heteroatoms. The summed E-state index contributed by atoms with van der Waals surface area (Å²) in [4.78, 5) is 2.37. The highest BCUT2D eigenvalue weighted by molar-refractivity contribution is 5.61. The molecule has 1 aliphatic heterocycles. The molecule has 1 saturated heterocycles. The summed E-state index contributed by atoms with van der Waals surface area (Å²) in [5.74, 6) is 0.774. The predicted octanol–water partition coefficient (Wildman–Crippen LogP) is 2.17. The van der Waals surface area contributed by atoms with Gasteiger partial charge in [-0.05, 0) is 52.0 Å². The Hall–Kier alpha value is -1.42. The summed E-state index contributed by atoms with van der Waals surface area (Å²) < 4.78 is 5.51. The first-order valence-electron chi connectivity index (χ1n) is 6.66. The van der Waals surface area contributed by atoms with Crippen LogP contribution in [0.3, 0.4) is 0 Å². The van der Waals surface area contributed by atoms with E-state index in [9.17, 15) is 0 Å². The Bertz CT molecular complexity index is 387. The van der Waals surface area contributed by atoms with Crippen LogP contribution in [-0.2, 0) is 0 Å². The molecule has 0 spiro atoms. The van der Waals surface area contributed by atoms with Crippen molar-refractivity contribution in [3.63, 3.8) is 0 Å². The second-order valence-corrected chi connectivity index (χ2v) is 4.91. The molecule has 0 bridgehead atoms. The summed E-state index contributed by atoms with van der Waals surface area (Å²) in [6, 6.07) is 6.48. The van der Waals surface area contributed by atoms with Crippen LogP contribution in [0.5, 0.6) is 5.75 Å². The summed E-state index contributed by atoms with van der Waals surface area (Å²) >= 11 is 0. The summed E-state index contributed by atoms with van der Waals surface area (Å²) in [7, 11) is 2.17. The van der Waals surface area contributed by atoms with E-state index in [0.717, 1.165) is 24.5 Å². The van der Waals surface area contributed by atoms with E-state index in [1.807, 2.05) is 25.1 Å². The maximum absolute atomic E-state index is 5.87. The number of hydrogen-bond donors (Lipinski definition) is 2. The topological polar surface area (TPSA) is 50.5 Å². The molecule has 1 heterocycles. The highest BCUT2D eigenvalue weighted by Gasteiger charge is 2.16. The Morgan fingerprint density at radius 1 is 1.39 bits per heavy atom. The number of nitrogens with two attached hydrogens (primary N) is 1. The Labute approximate surface area is 109 Å². The van der Waals surface area contributed by atoms with Crippen molar-refractivity contribution >= 4 is 11.4 Å². The van der Waals surface area contributed by atoms with Crippen LogP contribution in [0, 0.1) is 0 Å². The van der Waals surface area contributed by atoms with Crippen LogP contribution < -0.4 is 15.8 Å². The Morgan fingerprint density at radius 3 is 2.78 bits per heavy atom. The van der Waals surface area contributed by atoms with Crippen LogP contribution in [0.1, 0.15) is 19.8 Å². The van der Waals surface area contributed by atoms with E-state index in [1.54, 1.807) is 0 Å². The fourth-order valence-electron chi connectivity index (χ4n) is 2.29. The Morgan fingerprint density at radius 2 is 2.11 bits per heavy atom. The molecular weight excluding hydrogens is 226 g/mol. The highest BCUT2D eigenvalue weighted by Crippen LogP contribution is 2.26. The van der Waals surface area contributed by atoms with Gasteiger partial charge in [-0.1, -0.05) is 0 Å². The Balaban J connectivity index is 1.98. The quantitative estimate of drug-likeness (QED) is 0.803. The smallest absolute Gasteiger partial charge is 0.144 e. The molecule has 1 aromatic carbocycles. The number of piperidine rings is 1. The maximum Gasteiger partial charge on any atom is 0.144 e. The van der Waals surface area contributed by atoms with Gasteiger partial charge in [-0.25, -0.2) is 0 Å². The van der Waals surface area contributed by atoms with Gasteiger partial charge < -0.3 is 20.7 Å². The first-order valence-corrected chi connectivity index (χ1v) is 6.66. The summed E-state index contributed by atoms with van der Waals surface area (Å²) in [5, 5.41) is 3.57. The van der Waals surface area contributed by atoms with Crippen molar-refractivity contribution in [3.05, 3.63) is 18.2 Å². The lowest BCUT2D eigenvalue weighted by atomic mass is 10.1. The fraction of sp³-hybridized carbons (Fsp3) is 0.571. The van der Waals surface area contributed by atoms with Crippen molar-refractivity contribution in [2.45, 2.75) is 25.8 Å². The molecular formula is C14H23N3O. The molecule has 3 N–H and O–H groups in total. The van der Waals surface area contributed by atoms with Gasteiger partial charge in [0, 0.05) is 17.8 Å². The van der Waals surface area contributed by atoms with E-state index in [4.69, 9.17) is 10.5 Å². The summed E-state index contributed by atoms with van der Waals surface area (Å²) in [6.07, 6.45) is 2.37. The fourth-order valence-corrected chi connectivity index (χ4v) is 2.29. The molecule has 0 atom stereocenters. The summed E-state index contributed by atoms with van der Waals surface area (Å²) in [5.41, 5.74) is 7.67. The monoisotopic (exact) mass is 249 g/mol. The van der Waals surface area contributed by atoms with Crippen LogP contribution >= 0.6 is 0 Å². The SMILES string of the molecule is CCOc1cc(NC2CCN(C)CC2)ccc1N. The third kappa shape index (κ3) is 3.29. The van der Waals surface area contributed by atoms with Gasteiger partial charge in [-0.15, -0.1) is 0 Å². The zero-order valence-corrected chi connectivity index (χ0v) is 11.3. The minimum atomic E-state index is 0.555. The third-order valence-corrected chi connectivity index (χ3v) is 3.40. The van der Waals surface area contributed by atoms with Crippen LogP contribution in [0.25, 0.3) is 0 Å². The van der Waals surface area contributed by atoms with Crippen molar-refractivity contribution in [3.8, 4) is 5.75 Å². The average Bonchev–Trinajstić information content (AvgIpc) is 2.37. The molecule has 4 nitrogen and oxygen atoms in total. The number of ether oxygens (including phenoxy) is 1. The third-order valence-electron chi connectivity index (χ3n) is 3.40. The van der Waals surface area contributed by atoms with E-state index < -0.39 is 0 Å². The van der Waals surface area contributed by atoms with E-state index in [1.165, 1.54) is 12.8 Å². The molecule has 100 valence electrons. The number of nitrogen functional groups attached to an aromatic ring is 1. The normalized spacial score (nSPS) is 17.7. The molecule has 0 aromatic heterocycles. The number of rotatable bonds is 4. The van der Waals surface area contributed by atoms with Gasteiger partial charge in [0.05, 0.1) is 12.3 Å². The van der Waals surface area contributed by atoms with E-state index in [-0.39, 0.29) is 0 Å². The van der Waals surface area contributed by atoms with Crippen LogP contribution in [0.4, 0.5) is 11.4 Å². The standard InChI is InChI=1S/C14H23N3O/c1-3-18-14-10-12(4-5-13(14)15)16-11-6-8-17(2)9-7-11/h4-5,10-11,16H,3,6-9,15H2,1-2H3. The maximum atomic E-state index is 5.87. The zero-order chi connectivity index (χ0) is 13.0.